The first-order valence-corrected chi connectivity index (χ1v) is 6.29. The first-order chi connectivity index (χ1) is 6.66. The Kier molecular flexibility index (Phi) is 2.96. The van der Waals surface area contributed by atoms with Gasteiger partial charge in [0, 0.05) is 4.83 Å². The Morgan fingerprint density at radius 3 is 2.64 bits per heavy atom. The van der Waals surface area contributed by atoms with Gasteiger partial charge in [-0.1, -0.05) is 39.7 Å². The van der Waals surface area contributed by atoms with Crippen molar-refractivity contribution in [3.63, 3.8) is 0 Å². The van der Waals surface area contributed by atoms with Crippen LogP contribution in [0.3, 0.4) is 0 Å². The molecule has 0 bridgehead atoms. The summed E-state index contributed by atoms with van der Waals surface area (Å²) in [6, 6.07) is 6.83. The maximum Gasteiger partial charge on any atom is 0.0151 e. The molecule has 0 spiro atoms. The van der Waals surface area contributed by atoms with E-state index in [1.54, 1.807) is 5.56 Å². The van der Waals surface area contributed by atoms with Gasteiger partial charge >= 0.3 is 0 Å². The van der Waals surface area contributed by atoms with Crippen molar-refractivity contribution in [2.75, 3.05) is 0 Å². The van der Waals surface area contributed by atoms with Gasteiger partial charge in [0.15, 0.2) is 0 Å². The van der Waals surface area contributed by atoms with Crippen LogP contribution in [0.15, 0.2) is 18.2 Å². The summed E-state index contributed by atoms with van der Waals surface area (Å²) in [4.78, 5) is 0.743. The molecule has 1 aliphatic carbocycles. The van der Waals surface area contributed by atoms with Crippen molar-refractivity contribution in [3.8, 4) is 0 Å². The van der Waals surface area contributed by atoms with Crippen LogP contribution in [0, 0.1) is 13.8 Å². The minimum absolute atomic E-state index is 0.743. The summed E-state index contributed by atoms with van der Waals surface area (Å²) in [6.45, 7) is 4.42. The summed E-state index contributed by atoms with van der Waals surface area (Å²) in [5.41, 5.74) is 4.43. The number of benzene rings is 1. The summed E-state index contributed by atoms with van der Waals surface area (Å²) in [5.74, 6) is 0.791. The fourth-order valence-electron chi connectivity index (χ4n) is 2.41. The number of halogens is 1. The molecule has 2 unspecified atom stereocenters. The van der Waals surface area contributed by atoms with E-state index in [1.807, 2.05) is 0 Å². The standard InChI is InChI=1S/C13H17Br/c1-9-3-4-10(2)13(7-9)11-5-6-12(14)8-11/h3-4,7,11-12H,5-6,8H2,1-2H3. The Morgan fingerprint density at radius 2 is 2.00 bits per heavy atom. The lowest BCUT2D eigenvalue weighted by Crippen LogP contribution is -1.97. The van der Waals surface area contributed by atoms with Gasteiger partial charge in [-0.15, -0.1) is 0 Å². The van der Waals surface area contributed by atoms with Crippen LogP contribution in [-0.2, 0) is 0 Å². The molecule has 1 aromatic carbocycles. The molecular weight excluding hydrogens is 236 g/mol. The zero-order chi connectivity index (χ0) is 10.1. The lowest BCUT2D eigenvalue weighted by Gasteiger charge is -2.13. The molecule has 1 aromatic rings. The topological polar surface area (TPSA) is 0 Å². The molecule has 1 fully saturated rings. The van der Waals surface area contributed by atoms with E-state index in [0.717, 1.165) is 10.7 Å². The van der Waals surface area contributed by atoms with E-state index in [2.05, 4.69) is 48.0 Å². The molecule has 1 saturated carbocycles. The Bertz CT molecular complexity index is 330. The van der Waals surface area contributed by atoms with Gasteiger partial charge in [-0.3, -0.25) is 0 Å². The molecule has 0 radical (unpaired) electrons. The van der Waals surface area contributed by atoms with Crippen molar-refractivity contribution >= 4 is 15.9 Å². The van der Waals surface area contributed by atoms with E-state index < -0.39 is 0 Å². The van der Waals surface area contributed by atoms with Crippen molar-refractivity contribution in [3.05, 3.63) is 34.9 Å². The summed E-state index contributed by atoms with van der Waals surface area (Å²) >= 11 is 3.72. The minimum Gasteiger partial charge on any atom is -0.0890 e. The Balaban J connectivity index is 2.27. The molecule has 0 aromatic heterocycles. The van der Waals surface area contributed by atoms with E-state index >= 15 is 0 Å². The molecule has 0 saturated heterocycles. The molecule has 1 heteroatoms. The second-order valence-corrected chi connectivity index (χ2v) is 5.76. The first-order valence-electron chi connectivity index (χ1n) is 5.38. The number of alkyl halides is 1. The molecular formula is C13H17Br. The Labute approximate surface area is 94.8 Å². The second kappa shape index (κ2) is 4.06. The summed E-state index contributed by atoms with van der Waals surface area (Å²) < 4.78 is 0. The van der Waals surface area contributed by atoms with E-state index in [-0.39, 0.29) is 0 Å². The molecule has 1 aliphatic rings. The van der Waals surface area contributed by atoms with Crippen molar-refractivity contribution in [2.24, 2.45) is 0 Å². The van der Waals surface area contributed by atoms with Crippen LogP contribution in [0.5, 0.6) is 0 Å². The summed E-state index contributed by atoms with van der Waals surface area (Å²) in [6.07, 6.45) is 3.99. The second-order valence-electron chi connectivity index (χ2n) is 4.47. The monoisotopic (exact) mass is 252 g/mol. The zero-order valence-corrected chi connectivity index (χ0v) is 10.5. The third kappa shape index (κ3) is 2.03. The molecule has 0 nitrogen and oxygen atoms in total. The molecule has 0 amide bonds. The van der Waals surface area contributed by atoms with Crippen LogP contribution in [0.4, 0.5) is 0 Å². The average Bonchev–Trinajstić information content (AvgIpc) is 2.56. The molecule has 2 rings (SSSR count). The van der Waals surface area contributed by atoms with Gasteiger partial charge in [0.25, 0.3) is 0 Å². The van der Waals surface area contributed by atoms with E-state index in [4.69, 9.17) is 0 Å². The van der Waals surface area contributed by atoms with Crippen LogP contribution >= 0.6 is 15.9 Å². The molecule has 0 heterocycles. The molecule has 0 aliphatic heterocycles. The summed E-state index contributed by atoms with van der Waals surface area (Å²) in [7, 11) is 0. The lowest BCUT2D eigenvalue weighted by atomic mass is 9.92. The predicted octanol–water partition coefficient (Wildman–Crippen LogP) is 4.33. The van der Waals surface area contributed by atoms with Gasteiger partial charge in [-0.25, -0.2) is 0 Å². The normalized spacial score (nSPS) is 26.8. The van der Waals surface area contributed by atoms with Crippen molar-refractivity contribution < 1.29 is 0 Å². The quantitative estimate of drug-likeness (QED) is 0.653. The van der Waals surface area contributed by atoms with E-state index in [0.29, 0.717) is 0 Å². The Morgan fingerprint density at radius 1 is 1.21 bits per heavy atom. The van der Waals surface area contributed by atoms with Gasteiger partial charge < -0.3 is 0 Å². The van der Waals surface area contributed by atoms with Crippen molar-refractivity contribution in [2.45, 2.75) is 43.9 Å². The third-order valence-corrected chi connectivity index (χ3v) is 4.07. The maximum absolute atomic E-state index is 3.72. The number of aryl methyl sites for hydroxylation is 2. The number of hydrogen-bond acceptors (Lipinski definition) is 0. The van der Waals surface area contributed by atoms with Gasteiger partial charge in [-0.2, -0.15) is 0 Å². The highest BCUT2D eigenvalue weighted by Gasteiger charge is 2.24. The van der Waals surface area contributed by atoms with Gasteiger partial charge in [0.2, 0.25) is 0 Å². The van der Waals surface area contributed by atoms with Gasteiger partial charge in [-0.05, 0) is 50.2 Å². The SMILES string of the molecule is Cc1ccc(C)c(C2CCC(Br)C2)c1. The largest absolute Gasteiger partial charge is 0.0890 e. The van der Waals surface area contributed by atoms with Crippen LogP contribution in [0.25, 0.3) is 0 Å². The fourth-order valence-corrected chi connectivity index (χ4v) is 3.12. The van der Waals surface area contributed by atoms with Gasteiger partial charge in [0.05, 0.1) is 0 Å². The van der Waals surface area contributed by atoms with Crippen molar-refractivity contribution in [1.29, 1.82) is 0 Å². The Hall–Kier alpha value is -0.300. The smallest absolute Gasteiger partial charge is 0.0151 e. The van der Waals surface area contributed by atoms with Crippen LogP contribution in [0.1, 0.15) is 41.9 Å². The number of hydrogen-bond donors (Lipinski definition) is 0. The fraction of sp³-hybridized carbons (Fsp3) is 0.538. The number of rotatable bonds is 1. The van der Waals surface area contributed by atoms with E-state index in [9.17, 15) is 0 Å². The zero-order valence-electron chi connectivity index (χ0n) is 8.89. The van der Waals surface area contributed by atoms with Crippen molar-refractivity contribution in [1.82, 2.24) is 0 Å². The van der Waals surface area contributed by atoms with Crippen LogP contribution in [0.2, 0.25) is 0 Å². The molecule has 14 heavy (non-hydrogen) atoms. The molecule has 2 atom stereocenters. The highest BCUT2D eigenvalue weighted by atomic mass is 79.9. The average molecular weight is 253 g/mol. The predicted molar refractivity (Wildman–Crippen MR) is 65.2 cm³/mol. The van der Waals surface area contributed by atoms with Crippen LogP contribution < -0.4 is 0 Å². The third-order valence-electron chi connectivity index (χ3n) is 3.24. The lowest BCUT2D eigenvalue weighted by molar-refractivity contribution is 0.719. The maximum atomic E-state index is 3.72. The molecule has 76 valence electrons. The first kappa shape index (κ1) is 10.2. The molecule has 0 N–H and O–H groups in total. The van der Waals surface area contributed by atoms with Gasteiger partial charge in [0.1, 0.15) is 0 Å². The highest BCUT2D eigenvalue weighted by Crippen LogP contribution is 2.39. The minimum atomic E-state index is 0.743. The van der Waals surface area contributed by atoms with Crippen LogP contribution in [-0.4, -0.2) is 4.83 Å². The summed E-state index contributed by atoms with van der Waals surface area (Å²) in [5, 5.41) is 0. The highest BCUT2D eigenvalue weighted by molar-refractivity contribution is 9.09. The van der Waals surface area contributed by atoms with E-state index in [1.165, 1.54) is 30.4 Å².